The van der Waals surface area contributed by atoms with Crippen molar-refractivity contribution in [2.24, 2.45) is 0 Å². The quantitative estimate of drug-likeness (QED) is 0.370. The molecule has 0 N–H and O–H groups in total. The Labute approximate surface area is 219 Å². The van der Waals surface area contributed by atoms with Gasteiger partial charge in [0.2, 0.25) is 0 Å². The highest BCUT2D eigenvalue weighted by atomic mass is 32.2. The molecular formula is C30H35FN2O3S. The Balaban J connectivity index is 1.38. The van der Waals surface area contributed by atoms with Gasteiger partial charge in [0.1, 0.15) is 11.6 Å². The molecule has 5 rings (SSSR count). The molecule has 0 bridgehead atoms. The summed E-state index contributed by atoms with van der Waals surface area (Å²) in [6.45, 7) is 1.68. The van der Waals surface area contributed by atoms with Gasteiger partial charge in [-0.3, -0.25) is 9.21 Å². The average Bonchev–Trinajstić information content (AvgIpc) is 2.95. The maximum Gasteiger partial charge on any atom is 0.264 e. The smallest absolute Gasteiger partial charge is 0.264 e. The van der Waals surface area contributed by atoms with Crippen molar-refractivity contribution < 1.29 is 17.5 Å². The first-order chi connectivity index (χ1) is 18.0. The van der Waals surface area contributed by atoms with Crippen molar-refractivity contribution in [1.29, 1.82) is 0 Å². The first-order valence-corrected chi connectivity index (χ1v) is 14.6. The summed E-state index contributed by atoms with van der Waals surface area (Å²) < 4.78 is 48.3. The van der Waals surface area contributed by atoms with Gasteiger partial charge in [-0.25, -0.2) is 12.8 Å². The zero-order chi connectivity index (χ0) is 25.8. The second kappa shape index (κ2) is 11.2. The molecular weight excluding hydrogens is 487 g/mol. The van der Waals surface area contributed by atoms with Gasteiger partial charge in [0, 0.05) is 25.2 Å². The molecule has 1 heterocycles. The minimum Gasteiger partial charge on any atom is -0.497 e. The van der Waals surface area contributed by atoms with Crippen LogP contribution in [0.1, 0.15) is 50.0 Å². The van der Waals surface area contributed by atoms with Crippen molar-refractivity contribution in [3.63, 3.8) is 0 Å². The maximum absolute atomic E-state index is 13.9. The van der Waals surface area contributed by atoms with Crippen molar-refractivity contribution in [2.75, 3.05) is 24.5 Å². The van der Waals surface area contributed by atoms with Crippen molar-refractivity contribution in [2.45, 2.75) is 61.4 Å². The van der Waals surface area contributed by atoms with Gasteiger partial charge in [-0.2, -0.15) is 0 Å². The van der Waals surface area contributed by atoms with Crippen molar-refractivity contribution in [3.8, 4) is 5.75 Å². The Morgan fingerprint density at radius 1 is 0.838 bits per heavy atom. The van der Waals surface area contributed by atoms with Crippen molar-refractivity contribution >= 4 is 15.7 Å². The molecule has 2 fully saturated rings. The van der Waals surface area contributed by atoms with E-state index in [1.165, 1.54) is 47.7 Å². The molecule has 0 radical (unpaired) electrons. The summed E-state index contributed by atoms with van der Waals surface area (Å²) in [5.41, 5.74) is 1.90. The van der Waals surface area contributed by atoms with Gasteiger partial charge < -0.3 is 4.74 Å². The summed E-state index contributed by atoms with van der Waals surface area (Å²) >= 11 is 0. The molecule has 196 valence electrons. The number of piperidine rings is 1. The molecule has 0 spiro atoms. The van der Waals surface area contributed by atoms with Crippen LogP contribution in [0, 0.1) is 5.82 Å². The zero-order valence-corrected chi connectivity index (χ0v) is 22.1. The Morgan fingerprint density at radius 2 is 1.49 bits per heavy atom. The Hall–Kier alpha value is -2.90. The summed E-state index contributed by atoms with van der Waals surface area (Å²) in [5, 5.41) is 0. The average molecular weight is 523 g/mol. The van der Waals surface area contributed by atoms with Crippen LogP contribution in [0.4, 0.5) is 10.1 Å². The van der Waals surface area contributed by atoms with E-state index in [4.69, 9.17) is 4.74 Å². The molecule has 2 atom stereocenters. The van der Waals surface area contributed by atoms with Crippen LogP contribution in [0.3, 0.4) is 0 Å². The molecule has 1 aliphatic carbocycles. The topological polar surface area (TPSA) is 49.9 Å². The Kier molecular flexibility index (Phi) is 7.81. The lowest BCUT2D eigenvalue weighted by molar-refractivity contribution is 0.107. The third-order valence-electron chi connectivity index (χ3n) is 7.95. The number of hydrogen-bond donors (Lipinski definition) is 0. The van der Waals surface area contributed by atoms with E-state index in [0.717, 1.165) is 25.9 Å². The van der Waals surface area contributed by atoms with Gasteiger partial charge in [0.05, 0.1) is 17.7 Å². The maximum atomic E-state index is 13.9. The zero-order valence-electron chi connectivity index (χ0n) is 21.3. The normalized spacial score (nSPS) is 21.5. The molecule has 1 saturated carbocycles. The summed E-state index contributed by atoms with van der Waals surface area (Å²) in [6.07, 6.45) is 6.32. The predicted octanol–water partition coefficient (Wildman–Crippen LogP) is 6.22. The van der Waals surface area contributed by atoms with Crippen LogP contribution in [0.25, 0.3) is 0 Å². The number of anilines is 1. The van der Waals surface area contributed by atoms with Gasteiger partial charge in [-0.05, 0) is 85.7 Å². The van der Waals surface area contributed by atoms with E-state index >= 15 is 0 Å². The van der Waals surface area contributed by atoms with Crippen LogP contribution in [0.2, 0.25) is 0 Å². The lowest BCUT2D eigenvalue weighted by Crippen LogP contribution is -2.51. The fourth-order valence-electron chi connectivity index (χ4n) is 6.08. The lowest BCUT2D eigenvalue weighted by Gasteiger charge is -2.45. The fraction of sp³-hybridized carbons (Fsp3) is 0.400. The summed E-state index contributed by atoms with van der Waals surface area (Å²) in [6, 6.07) is 23.3. The molecule has 3 aromatic carbocycles. The Bertz CT molecular complexity index is 1260. The van der Waals surface area contributed by atoms with Gasteiger partial charge in [-0.15, -0.1) is 0 Å². The highest BCUT2D eigenvalue weighted by Gasteiger charge is 2.38. The van der Waals surface area contributed by atoms with Crippen molar-refractivity contribution in [3.05, 3.63) is 90.2 Å². The molecule has 2 aliphatic rings. The number of methoxy groups -OCH3 is 1. The number of nitrogens with zero attached hydrogens (tertiary/aromatic N) is 2. The minimum atomic E-state index is -3.85. The minimum absolute atomic E-state index is 0.201. The molecule has 3 aromatic rings. The molecule has 0 amide bonds. The van der Waals surface area contributed by atoms with Crippen LogP contribution >= 0.6 is 0 Å². The van der Waals surface area contributed by atoms with E-state index in [9.17, 15) is 12.8 Å². The summed E-state index contributed by atoms with van der Waals surface area (Å²) in [7, 11) is -2.30. The first kappa shape index (κ1) is 25.7. The fourth-order valence-corrected chi connectivity index (χ4v) is 7.79. The van der Waals surface area contributed by atoms with E-state index in [1.54, 1.807) is 43.5 Å². The van der Waals surface area contributed by atoms with E-state index in [2.05, 4.69) is 35.2 Å². The highest BCUT2D eigenvalue weighted by Crippen LogP contribution is 2.38. The SMILES string of the molecule is COc1ccc(S(=O)(=O)N(c2ccc(F)cc2)C2CCN(C3CCCCC3c3ccccc3)CC2)cc1. The molecule has 1 saturated heterocycles. The van der Waals surface area contributed by atoms with E-state index in [-0.39, 0.29) is 16.8 Å². The highest BCUT2D eigenvalue weighted by molar-refractivity contribution is 7.92. The van der Waals surface area contributed by atoms with Crippen LogP contribution in [0.15, 0.2) is 83.8 Å². The molecule has 1 aliphatic heterocycles. The number of likely N-dealkylation sites (tertiary alicyclic amines) is 1. The lowest BCUT2D eigenvalue weighted by atomic mass is 9.78. The van der Waals surface area contributed by atoms with E-state index < -0.39 is 10.0 Å². The van der Waals surface area contributed by atoms with Gasteiger partial charge >= 0.3 is 0 Å². The third kappa shape index (κ3) is 5.53. The van der Waals surface area contributed by atoms with Crippen LogP contribution in [-0.4, -0.2) is 45.6 Å². The van der Waals surface area contributed by atoms with E-state index in [1.807, 2.05) is 0 Å². The predicted molar refractivity (Wildman–Crippen MR) is 145 cm³/mol. The molecule has 5 nitrogen and oxygen atoms in total. The monoisotopic (exact) mass is 522 g/mol. The molecule has 7 heteroatoms. The number of benzene rings is 3. The standard InChI is InChI=1S/C30H35FN2O3S/c1-36-27-15-17-28(18-16-27)37(34,35)33(25-13-11-24(31)12-14-25)26-19-21-32(22-20-26)30-10-6-5-9-29(30)23-7-3-2-4-8-23/h2-4,7-8,11-18,26,29-30H,5-6,9-10,19-22H2,1H3. The van der Waals surface area contributed by atoms with Gasteiger partial charge in [-0.1, -0.05) is 43.2 Å². The number of sulfonamides is 1. The molecule has 37 heavy (non-hydrogen) atoms. The molecule has 2 unspecified atom stereocenters. The van der Waals surface area contributed by atoms with Crippen LogP contribution in [0.5, 0.6) is 5.75 Å². The van der Waals surface area contributed by atoms with Crippen LogP contribution in [-0.2, 0) is 10.0 Å². The van der Waals surface area contributed by atoms with Crippen molar-refractivity contribution in [1.82, 2.24) is 4.90 Å². The number of rotatable bonds is 7. The van der Waals surface area contributed by atoms with E-state index in [0.29, 0.717) is 23.4 Å². The van der Waals surface area contributed by atoms with Gasteiger partial charge in [0.15, 0.2) is 0 Å². The second-order valence-electron chi connectivity index (χ2n) is 10.1. The Morgan fingerprint density at radius 3 is 2.14 bits per heavy atom. The second-order valence-corrected chi connectivity index (χ2v) is 11.9. The third-order valence-corrected chi connectivity index (χ3v) is 9.85. The molecule has 0 aromatic heterocycles. The number of hydrogen-bond acceptors (Lipinski definition) is 4. The number of halogens is 1. The summed E-state index contributed by atoms with van der Waals surface area (Å²) in [5.74, 6) is 0.730. The first-order valence-electron chi connectivity index (χ1n) is 13.2. The van der Waals surface area contributed by atoms with Crippen LogP contribution < -0.4 is 9.04 Å². The van der Waals surface area contributed by atoms with Gasteiger partial charge in [0.25, 0.3) is 10.0 Å². The largest absolute Gasteiger partial charge is 0.497 e. The summed E-state index contributed by atoms with van der Waals surface area (Å²) in [4.78, 5) is 2.78. The number of ether oxygens (including phenoxy) is 1.